The second-order valence-electron chi connectivity index (χ2n) is 2.34. The van der Waals surface area contributed by atoms with Gasteiger partial charge in [0, 0.05) is 6.07 Å². The number of phenols is 1. The van der Waals surface area contributed by atoms with E-state index in [2.05, 4.69) is 0 Å². The van der Waals surface area contributed by atoms with E-state index >= 15 is 0 Å². The van der Waals surface area contributed by atoms with Gasteiger partial charge in [-0.05, 0) is 6.07 Å². The van der Waals surface area contributed by atoms with Crippen LogP contribution in [0.15, 0.2) is 12.1 Å². The maximum atomic E-state index is 12.9. The van der Waals surface area contributed by atoms with Crippen LogP contribution in [-0.4, -0.2) is 16.8 Å². The molecule has 0 amide bonds. The lowest BCUT2D eigenvalue weighted by molar-refractivity contribution is 0.101. The van der Waals surface area contributed by atoms with Crippen molar-refractivity contribution in [1.29, 1.82) is 0 Å². The van der Waals surface area contributed by atoms with Gasteiger partial charge < -0.3 is 5.11 Å². The Labute approximate surface area is 77.8 Å². The fourth-order valence-corrected chi connectivity index (χ4v) is 0.966. The average molecular weight is 207 g/mol. The van der Waals surface area contributed by atoms with Crippen molar-refractivity contribution < 1.29 is 18.7 Å². The summed E-state index contributed by atoms with van der Waals surface area (Å²) in [6, 6.07) is 1.16. The van der Waals surface area contributed by atoms with Crippen LogP contribution in [0, 0.1) is 11.6 Å². The second-order valence-corrected chi connectivity index (χ2v) is 2.61. The molecule has 1 rings (SSSR count). The number of hydrogen-bond donors (Lipinski definition) is 1. The summed E-state index contributed by atoms with van der Waals surface area (Å²) in [5, 5.41) is 8.72. The van der Waals surface area contributed by atoms with Gasteiger partial charge in [-0.1, -0.05) is 0 Å². The van der Waals surface area contributed by atoms with Crippen LogP contribution in [0.1, 0.15) is 10.4 Å². The number of ketones is 1. The molecule has 2 nitrogen and oxygen atoms in total. The summed E-state index contributed by atoms with van der Waals surface area (Å²) in [4.78, 5) is 10.9. The summed E-state index contributed by atoms with van der Waals surface area (Å²) in [6.07, 6.45) is 0. The zero-order valence-electron chi connectivity index (χ0n) is 6.35. The van der Waals surface area contributed by atoms with Gasteiger partial charge in [-0.3, -0.25) is 4.79 Å². The van der Waals surface area contributed by atoms with Crippen LogP contribution in [-0.2, 0) is 0 Å². The highest BCUT2D eigenvalue weighted by molar-refractivity contribution is 6.30. The van der Waals surface area contributed by atoms with Crippen molar-refractivity contribution in [3.63, 3.8) is 0 Å². The van der Waals surface area contributed by atoms with Crippen molar-refractivity contribution in [2.45, 2.75) is 0 Å². The molecule has 0 heterocycles. The molecule has 5 heteroatoms. The van der Waals surface area contributed by atoms with Gasteiger partial charge in [0.1, 0.15) is 5.82 Å². The zero-order chi connectivity index (χ0) is 10.0. The van der Waals surface area contributed by atoms with Crippen LogP contribution in [0.25, 0.3) is 0 Å². The fraction of sp³-hybridized carbons (Fsp3) is 0.125. The van der Waals surface area contributed by atoms with Gasteiger partial charge in [-0.15, -0.1) is 11.6 Å². The topological polar surface area (TPSA) is 37.3 Å². The van der Waals surface area contributed by atoms with E-state index in [0.717, 1.165) is 0 Å². The quantitative estimate of drug-likeness (QED) is 0.594. The summed E-state index contributed by atoms with van der Waals surface area (Å²) in [5.74, 6) is -4.01. The smallest absolute Gasteiger partial charge is 0.180 e. The molecule has 0 aliphatic rings. The maximum Gasteiger partial charge on any atom is 0.180 e. The molecule has 0 atom stereocenters. The monoisotopic (exact) mass is 206 g/mol. The molecule has 0 aliphatic heterocycles. The molecular formula is C8H5ClF2O2. The highest BCUT2D eigenvalue weighted by Gasteiger charge is 2.14. The average Bonchev–Trinajstić information content (AvgIpc) is 2.10. The molecule has 1 aromatic carbocycles. The van der Waals surface area contributed by atoms with E-state index in [0.29, 0.717) is 12.1 Å². The molecule has 0 aromatic heterocycles. The van der Waals surface area contributed by atoms with E-state index in [1.165, 1.54) is 0 Å². The third-order valence-corrected chi connectivity index (χ3v) is 1.70. The second kappa shape index (κ2) is 3.70. The summed E-state index contributed by atoms with van der Waals surface area (Å²) in [6.45, 7) is 0. The molecule has 0 fully saturated rings. The summed E-state index contributed by atoms with van der Waals surface area (Å²) < 4.78 is 25.5. The maximum absolute atomic E-state index is 12.9. The normalized spacial score (nSPS) is 10.1. The van der Waals surface area contributed by atoms with Crippen molar-refractivity contribution in [2.24, 2.45) is 0 Å². The molecule has 0 bridgehead atoms. The van der Waals surface area contributed by atoms with Crippen molar-refractivity contribution in [3.8, 4) is 5.75 Å². The molecule has 0 spiro atoms. The van der Waals surface area contributed by atoms with Crippen molar-refractivity contribution in [2.75, 3.05) is 5.88 Å². The summed E-state index contributed by atoms with van der Waals surface area (Å²) >= 11 is 5.15. The van der Waals surface area contributed by atoms with Gasteiger partial charge in [0.05, 0.1) is 11.4 Å². The molecule has 1 aromatic rings. The first-order chi connectivity index (χ1) is 6.06. The number of hydrogen-bond acceptors (Lipinski definition) is 2. The Morgan fingerprint density at radius 1 is 1.38 bits per heavy atom. The Bertz CT molecular complexity index is 352. The molecule has 13 heavy (non-hydrogen) atoms. The first kappa shape index (κ1) is 9.92. The Hall–Kier alpha value is -1.16. The third kappa shape index (κ3) is 1.95. The van der Waals surface area contributed by atoms with Crippen molar-refractivity contribution in [3.05, 3.63) is 29.3 Å². The van der Waals surface area contributed by atoms with E-state index in [1.54, 1.807) is 0 Å². The Morgan fingerprint density at radius 3 is 2.54 bits per heavy atom. The van der Waals surface area contributed by atoms with E-state index in [9.17, 15) is 13.6 Å². The highest BCUT2D eigenvalue weighted by Crippen LogP contribution is 2.20. The highest BCUT2D eigenvalue weighted by atomic mass is 35.5. The van der Waals surface area contributed by atoms with Gasteiger partial charge in [-0.2, -0.15) is 0 Å². The number of Topliss-reactive ketones (excluding diaryl/α,β-unsaturated/α-hetero) is 1. The molecule has 0 radical (unpaired) electrons. The minimum Gasteiger partial charge on any atom is -0.505 e. The minimum absolute atomic E-state index is 0.429. The Kier molecular flexibility index (Phi) is 2.83. The van der Waals surface area contributed by atoms with Crippen molar-refractivity contribution >= 4 is 17.4 Å². The van der Waals surface area contributed by atoms with Crippen molar-refractivity contribution in [1.82, 2.24) is 0 Å². The first-order valence-corrected chi connectivity index (χ1v) is 3.87. The summed E-state index contributed by atoms with van der Waals surface area (Å²) in [5.41, 5.74) is -0.453. The summed E-state index contributed by atoms with van der Waals surface area (Å²) in [7, 11) is 0. The number of alkyl halides is 1. The van der Waals surface area contributed by atoms with Gasteiger partial charge in [0.2, 0.25) is 0 Å². The predicted octanol–water partition coefficient (Wildman–Crippen LogP) is 2.09. The number of benzene rings is 1. The molecule has 0 unspecified atom stereocenters. The number of carbonyl (C=O) groups excluding carboxylic acids is 1. The zero-order valence-corrected chi connectivity index (χ0v) is 7.11. The fourth-order valence-electron chi connectivity index (χ4n) is 0.822. The SMILES string of the molecule is O=C(CCl)c1cc(F)c(O)cc1F. The number of halogens is 3. The van der Waals surface area contributed by atoms with E-state index in [-0.39, 0.29) is 0 Å². The first-order valence-electron chi connectivity index (χ1n) is 3.33. The lowest BCUT2D eigenvalue weighted by Gasteiger charge is -2.01. The predicted molar refractivity (Wildman–Crippen MR) is 43.1 cm³/mol. The Morgan fingerprint density at radius 2 is 2.00 bits per heavy atom. The van der Waals surface area contributed by atoms with E-state index < -0.39 is 34.6 Å². The van der Waals surface area contributed by atoms with Gasteiger partial charge >= 0.3 is 0 Å². The number of phenolic OH excluding ortho intramolecular Hbond substituents is 1. The van der Waals surface area contributed by atoms with Gasteiger partial charge in [-0.25, -0.2) is 8.78 Å². The number of rotatable bonds is 2. The molecular weight excluding hydrogens is 202 g/mol. The van der Waals surface area contributed by atoms with Crippen LogP contribution in [0.4, 0.5) is 8.78 Å². The third-order valence-electron chi connectivity index (χ3n) is 1.46. The van der Waals surface area contributed by atoms with Crippen LogP contribution >= 0.6 is 11.6 Å². The standard InChI is InChI=1S/C8H5ClF2O2/c9-3-8(13)4-1-6(11)7(12)2-5(4)10/h1-2,12H,3H2. The largest absolute Gasteiger partial charge is 0.505 e. The number of aromatic hydroxyl groups is 1. The minimum atomic E-state index is -1.05. The lowest BCUT2D eigenvalue weighted by Crippen LogP contribution is -2.04. The van der Waals surface area contributed by atoms with Crippen LogP contribution in [0.5, 0.6) is 5.75 Å². The number of carbonyl (C=O) groups is 1. The Balaban J connectivity index is 3.23. The van der Waals surface area contributed by atoms with Crippen LogP contribution in [0.3, 0.4) is 0 Å². The molecule has 0 aliphatic carbocycles. The van der Waals surface area contributed by atoms with Gasteiger partial charge in [0.25, 0.3) is 0 Å². The lowest BCUT2D eigenvalue weighted by atomic mass is 10.1. The van der Waals surface area contributed by atoms with E-state index in [1.807, 2.05) is 0 Å². The van der Waals surface area contributed by atoms with Crippen LogP contribution in [0.2, 0.25) is 0 Å². The van der Waals surface area contributed by atoms with Gasteiger partial charge in [0.15, 0.2) is 17.3 Å². The molecule has 0 saturated heterocycles. The van der Waals surface area contributed by atoms with E-state index in [4.69, 9.17) is 16.7 Å². The molecule has 0 saturated carbocycles. The molecule has 1 N–H and O–H groups in total. The van der Waals surface area contributed by atoms with Crippen LogP contribution < -0.4 is 0 Å². The molecule has 70 valence electrons.